The van der Waals surface area contributed by atoms with Crippen LogP contribution in [0.5, 0.6) is 0 Å². The zero-order valence-electron chi connectivity index (χ0n) is 11.4. The molecule has 1 N–H and O–H groups in total. The van der Waals surface area contributed by atoms with E-state index in [1.54, 1.807) is 6.92 Å². The van der Waals surface area contributed by atoms with Gasteiger partial charge in [-0.25, -0.2) is 17.5 Å². The van der Waals surface area contributed by atoms with E-state index < -0.39 is 27.6 Å². The van der Waals surface area contributed by atoms with Gasteiger partial charge in [0.1, 0.15) is 5.82 Å². The molecule has 0 aliphatic carbocycles. The lowest BCUT2D eigenvalue weighted by molar-refractivity contribution is 0.561. The molecule has 0 spiro atoms. The Morgan fingerprint density at radius 3 is 2.43 bits per heavy atom. The second-order valence-corrected chi connectivity index (χ2v) is 6.87. The lowest BCUT2D eigenvalue weighted by Crippen LogP contribution is -2.28. The maximum absolute atomic E-state index is 13.7. The second kappa shape index (κ2) is 6.56. The first-order valence-corrected chi connectivity index (χ1v) is 8.40. The van der Waals surface area contributed by atoms with Gasteiger partial charge < -0.3 is 0 Å². The third-order valence-corrected chi connectivity index (χ3v) is 4.79. The number of hydrogen-bond acceptors (Lipinski definition) is 2. The van der Waals surface area contributed by atoms with Gasteiger partial charge in [0, 0.05) is 16.6 Å². The molecule has 0 radical (unpaired) electrons. The number of sulfonamides is 1. The van der Waals surface area contributed by atoms with Gasteiger partial charge in [-0.15, -0.1) is 0 Å². The Kier molecular flexibility index (Phi) is 4.98. The van der Waals surface area contributed by atoms with Crippen LogP contribution in [0.15, 0.2) is 48.5 Å². The summed E-state index contributed by atoms with van der Waals surface area (Å²) < 4.78 is 40.5. The number of rotatable bonds is 5. The largest absolute Gasteiger partial charge is 0.216 e. The molecule has 0 aliphatic rings. The predicted molar refractivity (Wildman–Crippen MR) is 82.0 cm³/mol. The first-order chi connectivity index (χ1) is 9.89. The van der Waals surface area contributed by atoms with E-state index in [-0.39, 0.29) is 10.6 Å². The second-order valence-electron chi connectivity index (χ2n) is 4.71. The van der Waals surface area contributed by atoms with Crippen LogP contribution in [0.1, 0.15) is 24.1 Å². The molecule has 112 valence electrons. The Hall–Kier alpha value is -1.43. The summed E-state index contributed by atoms with van der Waals surface area (Å²) in [7, 11) is -3.70. The van der Waals surface area contributed by atoms with Crippen LogP contribution in [0.3, 0.4) is 0 Å². The lowest BCUT2D eigenvalue weighted by atomic mass is 10.1. The number of hydrogen-bond donors (Lipinski definition) is 1. The molecule has 0 saturated heterocycles. The summed E-state index contributed by atoms with van der Waals surface area (Å²) in [5.74, 6) is -1.12. The molecule has 2 aromatic rings. The zero-order valence-corrected chi connectivity index (χ0v) is 13.0. The van der Waals surface area contributed by atoms with Gasteiger partial charge in [0.05, 0.1) is 5.75 Å². The number of benzene rings is 2. The molecule has 0 saturated carbocycles. The molecule has 1 atom stereocenters. The average Bonchev–Trinajstić information content (AvgIpc) is 2.43. The van der Waals surface area contributed by atoms with Crippen LogP contribution >= 0.6 is 11.6 Å². The van der Waals surface area contributed by atoms with Crippen LogP contribution < -0.4 is 4.72 Å². The first-order valence-electron chi connectivity index (χ1n) is 6.37. The van der Waals surface area contributed by atoms with Crippen molar-refractivity contribution in [3.05, 3.63) is 70.5 Å². The maximum atomic E-state index is 13.7. The van der Waals surface area contributed by atoms with Gasteiger partial charge in [0.15, 0.2) is 0 Å². The van der Waals surface area contributed by atoms with E-state index in [1.807, 2.05) is 30.3 Å². The molecule has 2 rings (SSSR count). The topological polar surface area (TPSA) is 46.2 Å². The summed E-state index contributed by atoms with van der Waals surface area (Å²) >= 11 is 5.86. The van der Waals surface area contributed by atoms with E-state index in [1.165, 1.54) is 18.2 Å². The Morgan fingerprint density at radius 2 is 1.81 bits per heavy atom. The molecular weight excluding hydrogens is 313 g/mol. The van der Waals surface area contributed by atoms with Gasteiger partial charge in [-0.3, -0.25) is 0 Å². The quantitative estimate of drug-likeness (QED) is 0.911. The monoisotopic (exact) mass is 327 g/mol. The molecule has 0 heterocycles. The summed E-state index contributed by atoms with van der Waals surface area (Å²) in [6.45, 7) is 1.73. The van der Waals surface area contributed by atoms with Crippen molar-refractivity contribution >= 4 is 21.6 Å². The SMILES string of the molecule is C[C@@H](NS(=O)(=O)Cc1c(F)cccc1Cl)c1ccccc1. The summed E-state index contributed by atoms with van der Waals surface area (Å²) in [4.78, 5) is 0. The number of nitrogens with one attached hydrogen (secondary N) is 1. The molecule has 0 aliphatic heterocycles. The fourth-order valence-electron chi connectivity index (χ4n) is 1.98. The zero-order chi connectivity index (χ0) is 15.5. The van der Waals surface area contributed by atoms with Crippen molar-refractivity contribution in [2.75, 3.05) is 0 Å². The third-order valence-electron chi connectivity index (χ3n) is 3.05. The Morgan fingerprint density at radius 1 is 1.14 bits per heavy atom. The molecule has 21 heavy (non-hydrogen) atoms. The fourth-order valence-corrected chi connectivity index (χ4v) is 3.72. The van der Waals surface area contributed by atoms with Gasteiger partial charge in [-0.05, 0) is 24.6 Å². The average molecular weight is 328 g/mol. The van der Waals surface area contributed by atoms with Crippen molar-refractivity contribution in [1.82, 2.24) is 4.72 Å². The van der Waals surface area contributed by atoms with Gasteiger partial charge in [-0.2, -0.15) is 0 Å². The standard InChI is InChI=1S/C15H15ClFNO2S/c1-11(12-6-3-2-4-7-12)18-21(19,20)10-13-14(16)8-5-9-15(13)17/h2-9,11,18H,10H2,1H3/t11-/m1/s1. The smallest absolute Gasteiger partial charge is 0.212 e. The van der Waals surface area contributed by atoms with Gasteiger partial charge in [0.2, 0.25) is 10.0 Å². The highest BCUT2D eigenvalue weighted by atomic mass is 35.5. The molecule has 0 amide bonds. The normalized spacial score (nSPS) is 13.1. The Labute approximate surface area is 128 Å². The van der Waals surface area contributed by atoms with Crippen LogP contribution in [-0.2, 0) is 15.8 Å². The van der Waals surface area contributed by atoms with Crippen molar-refractivity contribution in [3.63, 3.8) is 0 Å². The highest BCUT2D eigenvalue weighted by molar-refractivity contribution is 7.88. The molecule has 0 unspecified atom stereocenters. The van der Waals surface area contributed by atoms with Crippen LogP contribution in [0.2, 0.25) is 5.02 Å². The predicted octanol–water partition coefficient (Wildman–Crippen LogP) is 3.66. The van der Waals surface area contributed by atoms with Crippen molar-refractivity contribution in [1.29, 1.82) is 0 Å². The summed E-state index contributed by atoms with van der Waals surface area (Å²) in [6.07, 6.45) is 0. The third kappa shape index (κ3) is 4.27. The maximum Gasteiger partial charge on any atom is 0.216 e. The van der Waals surface area contributed by atoms with Crippen molar-refractivity contribution in [2.45, 2.75) is 18.7 Å². The lowest BCUT2D eigenvalue weighted by Gasteiger charge is -2.15. The number of halogens is 2. The highest BCUT2D eigenvalue weighted by Crippen LogP contribution is 2.22. The first kappa shape index (κ1) is 15.9. The van der Waals surface area contributed by atoms with Crippen molar-refractivity contribution in [2.24, 2.45) is 0 Å². The van der Waals surface area contributed by atoms with Crippen LogP contribution in [-0.4, -0.2) is 8.42 Å². The van der Waals surface area contributed by atoms with Gasteiger partial charge in [-0.1, -0.05) is 48.0 Å². The Balaban J connectivity index is 2.16. The summed E-state index contributed by atoms with van der Waals surface area (Å²) in [5.41, 5.74) is 0.813. The van der Waals surface area contributed by atoms with E-state index in [2.05, 4.69) is 4.72 Å². The summed E-state index contributed by atoms with van der Waals surface area (Å²) in [5, 5.41) is 0.104. The van der Waals surface area contributed by atoms with E-state index in [0.29, 0.717) is 0 Å². The van der Waals surface area contributed by atoms with E-state index in [0.717, 1.165) is 5.56 Å². The molecular formula is C15H15ClFNO2S. The highest BCUT2D eigenvalue weighted by Gasteiger charge is 2.20. The van der Waals surface area contributed by atoms with Gasteiger partial charge >= 0.3 is 0 Å². The Bertz CT molecular complexity index is 699. The van der Waals surface area contributed by atoms with Crippen LogP contribution in [0, 0.1) is 5.82 Å². The minimum Gasteiger partial charge on any atom is -0.212 e. The molecule has 0 bridgehead atoms. The van der Waals surface area contributed by atoms with Crippen LogP contribution in [0.25, 0.3) is 0 Å². The fraction of sp³-hybridized carbons (Fsp3) is 0.200. The minimum atomic E-state index is -3.70. The summed E-state index contributed by atoms with van der Waals surface area (Å²) in [6, 6.07) is 12.8. The van der Waals surface area contributed by atoms with E-state index in [4.69, 9.17) is 11.6 Å². The van der Waals surface area contributed by atoms with Gasteiger partial charge in [0.25, 0.3) is 0 Å². The molecule has 0 aromatic heterocycles. The van der Waals surface area contributed by atoms with Crippen LogP contribution in [0.4, 0.5) is 4.39 Å². The van der Waals surface area contributed by atoms with Crippen molar-refractivity contribution in [3.8, 4) is 0 Å². The minimum absolute atomic E-state index is 0.0214. The molecule has 0 fully saturated rings. The van der Waals surface area contributed by atoms with E-state index in [9.17, 15) is 12.8 Å². The van der Waals surface area contributed by atoms with Crippen molar-refractivity contribution < 1.29 is 12.8 Å². The molecule has 3 nitrogen and oxygen atoms in total. The molecule has 2 aromatic carbocycles. The molecule has 6 heteroatoms. The van der Waals surface area contributed by atoms with E-state index >= 15 is 0 Å².